The summed E-state index contributed by atoms with van der Waals surface area (Å²) < 4.78 is 18.7. The molecule has 2 atom stereocenters. The number of hydrogen-bond donors (Lipinski definition) is 1. The summed E-state index contributed by atoms with van der Waals surface area (Å²) in [7, 11) is 0. The Morgan fingerprint density at radius 3 is 2.85 bits per heavy atom. The molecule has 1 heterocycles. The van der Waals surface area contributed by atoms with Gasteiger partial charge in [0.1, 0.15) is 11.3 Å². The molecule has 4 rings (SSSR count). The molecular weight excluding hydrogens is 255 g/mol. The molecule has 2 aromatic carbocycles. The Balaban J connectivity index is 1.52. The molecule has 3 nitrogen and oxygen atoms in total. The number of anilines is 1. The van der Waals surface area contributed by atoms with Gasteiger partial charge in [0.05, 0.1) is 0 Å². The lowest BCUT2D eigenvalue weighted by Gasteiger charge is -2.00. The molecule has 100 valence electrons. The predicted molar refractivity (Wildman–Crippen MR) is 75.2 cm³/mol. The fourth-order valence-electron chi connectivity index (χ4n) is 2.54. The van der Waals surface area contributed by atoms with E-state index in [1.165, 1.54) is 17.7 Å². The molecule has 0 bridgehead atoms. The fraction of sp³-hybridized carbons (Fsp3) is 0.188. The molecule has 0 aliphatic heterocycles. The first-order chi connectivity index (χ1) is 9.79. The van der Waals surface area contributed by atoms with Gasteiger partial charge in [-0.05, 0) is 24.1 Å². The van der Waals surface area contributed by atoms with Crippen LogP contribution in [0.1, 0.15) is 17.9 Å². The van der Waals surface area contributed by atoms with Crippen LogP contribution in [0.3, 0.4) is 0 Å². The first kappa shape index (κ1) is 11.5. The summed E-state index contributed by atoms with van der Waals surface area (Å²) in [5.41, 5.74) is 2.47. The summed E-state index contributed by atoms with van der Waals surface area (Å²) in [6.07, 6.45) is 1.07. The van der Waals surface area contributed by atoms with Crippen LogP contribution >= 0.6 is 0 Å². The summed E-state index contributed by atoms with van der Waals surface area (Å²) in [6.45, 7) is 0. The van der Waals surface area contributed by atoms with Crippen LogP contribution in [0.4, 0.5) is 10.4 Å². The second-order valence-electron chi connectivity index (χ2n) is 5.13. The van der Waals surface area contributed by atoms with Crippen LogP contribution in [0.5, 0.6) is 0 Å². The lowest BCUT2D eigenvalue weighted by atomic mass is 10.1. The second-order valence-corrected chi connectivity index (χ2v) is 5.13. The third-order valence-electron chi connectivity index (χ3n) is 3.68. The van der Waals surface area contributed by atoms with E-state index in [1.807, 2.05) is 18.2 Å². The second kappa shape index (κ2) is 4.34. The van der Waals surface area contributed by atoms with Crippen molar-refractivity contribution >= 4 is 17.1 Å². The van der Waals surface area contributed by atoms with Crippen molar-refractivity contribution in [1.29, 1.82) is 0 Å². The molecule has 4 heteroatoms. The van der Waals surface area contributed by atoms with Gasteiger partial charge < -0.3 is 9.73 Å². The number of hydrogen-bond acceptors (Lipinski definition) is 3. The molecule has 1 saturated carbocycles. The molecule has 0 spiro atoms. The highest BCUT2D eigenvalue weighted by Gasteiger charge is 2.39. The normalized spacial score (nSPS) is 21.1. The van der Waals surface area contributed by atoms with Gasteiger partial charge in [0.25, 0.3) is 6.01 Å². The molecule has 1 aromatic heterocycles. The third kappa shape index (κ3) is 2.03. The molecule has 3 aromatic rings. The molecule has 1 aliphatic carbocycles. The summed E-state index contributed by atoms with van der Waals surface area (Å²) in [6, 6.07) is 15.5. The zero-order valence-electron chi connectivity index (χ0n) is 10.7. The van der Waals surface area contributed by atoms with E-state index in [1.54, 1.807) is 6.07 Å². The van der Waals surface area contributed by atoms with Crippen molar-refractivity contribution in [3.05, 3.63) is 59.9 Å². The molecule has 0 radical (unpaired) electrons. The monoisotopic (exact) mass is 268 g/mol. The number of rotatable bonds is 3. The highest BCUT2D eigenvalue weighted by Crippen LogP contribution is 2.42. The van der Waals surface area contributed by atoms with Gasteiger partial charge in [-0.2, -0.15) is 4.98 Å². The highest BCUT2D eigenvalue weighted by molar-refractivity contribution is 5.74. The highest BCUT2D eigenvalue weighted by atomic mass is 19.1. The van der Waals surface area contributed by atoms with Gasteiger partial charge in [-0.1, -0.05) is 30.3 Å². The Morgan fingerprint density at radius 1 is 1.15 bits per heavy atom. The van der Waals surface area contributed by atoms with Crippen LogP contribution in [-0.2, 0) is 0 Å². The minimum atomic E-state index is -0.300. The van der Waals surface area contributed by atoms with Gasteiger partial charge in [-0.3, -0.25) is 0 Å². The van der Waals surface area contributed by atoms with Crippen LogP contribution < -0.4 is 5.32 Å². The van der Waals surface area contributed by atoms with Crippen molar-refractivity contribution in [3.63, 3.8) is 0 Å². The van der Waals surface area contributed by atoms with E-state index >= 15 is 0 Å². The number of fused-ring (bicyclic) bond motifs is 1. The molecule has 20 heavy (non-hydrogen) atoms. The van der Waals surface area contributed by atoms with E-state index in [9.17, 15) is 4.39 Å². The number of nitrogens with zero attached hydrogens (tertiary/aromatic N) is 1. The standard InChI is InChI=1S/C16H13FN2O/c17-11-6-7-15-14(8-11)19-16(20-15)18-13-9-12(13)10-4-2-1-3-5-10/h1-8,12-13H,9H2,(H,18,19). The van der Waals surface area contributed by atoms with Crippen molar-refractivity contribution in [2.24, 2.45) is 0 Å². The maximum atomic E-state index is 13.1. The Kier molecular flexibility index (Phi) is 2.49. The quantitative estimate of drug-likeness (QED) is 0.782. The predicted octanol–water partition coefficient (Wildman–Crippen LogP) is 3.93. The maximum absolute atomic E-state index is 13.1. The average Bonchev–Trinajstić information content (AvgIpc) is 3.10. The molecule has 1 aliphatic rings. The Bertz CT molecular complexity index is 754. The number of aromatic nitrogens is 1. The first-order valence-corrected chi connectivity index (χ1v) is 6.67. The number of oxazole rings is 1. The van der Waals surface area contributed by atoms with Crippen molar-refractivity contribution in [2.75, 3.05) is 5.32 Å². The smallest absolute Gasteiger partial charge is 0.295 e. The van der Waals surface area contributed by atoms with Gasteiger partial charge in [0.2, 0.25) is 0 Å². The lowest BCUT2D eigenvalue weighted by molar-refractivity contribution is 0.609. The van der Waals surface area contributed by atoms with E-state index in [0.717, 1.165) is 6.42 Å². The maximum Gasteiger partial charge on any atom is 0.295 e. The van der Waals surface area contributed by atoms with Gasteiger partial charge in [0, 0.05) is 18.0 Å². The Morgan fingerprint density at radius 2 is 2.00 bits per heavy atom. The van der Waals surface area contributed by atoms with Crippen LogP contribution in [0.2, 0.25) is 0 Å². The molecule has 0 saturated heterocycles. The largest absolute Gasteiger partial charge is 0.424 e. The minimum Gasteiger partial charge on any atom is -0.424 e. The van der Waals surface area contributed by atoms with Crippen LogP contribution in [0, 0.1) is 5.82 Å². The van der Waals surface area contributed by atoms with E-state index in [-0.39, 0.29) is 5.82 Å². The number of nitrogens with one attached hydrogen (secondary N) is 1. The topological polar surface area (TPSA) is 38.1 Å². The van der Waals surface area contributed by atoms with Gasteiger partial charge in [-0.15, -0.1) is 0 Å². The lowest BCUT2D eigenvalue weighted by Crippen LogP contribution is -2.03. The SMILES string of the molecule is Fc1ccc2oc(NC3CC3c3ccccc3)nc2c1. The number of halogens is 1. The molecule has 0 amide bonds. The molecule has 1 fully saturated rings. The van der Waals surface area contributed by atoms with Gasteiger partial charge >= 0.3 is 0 Å². The van der Waals surface area contributed by atoms with E-state index in [0.29, 0.717) is 29.1 Å². The van der Waals surface area contributed by atoms with Crippen LogP contribution in [0.25, 0.3) is 11.1 Å². The zero-order valence-corrected chi connectivity index (χ0v) is 10.7. The van der Waals surface area contributed by atoms with Crippen molar-refractivity contribution in [1.82, 2.24) is 4.98 Å². The van der Waals surface area contributed by atoms with Crippen molar-refractivity contribution in [2.45, 2.75) is 18.4 Å². The van der Waals surface area contributed by atoms with Crippen LogP contribution in [-0.4, -0.2) is 11.0 Å². The summed E-state index contributed by atoms with van der Waals surface area (Å²) in [4.78, 5) is 4.26. The van der Waals surface area contributed by atoms with E-state index in [2.05, 4.69) is 22.4 Å². The van der Waals surface area contributed by atoms with Crippen molar-refractivity contribution in [3.8, 4) is 0 Å². The van der Waals surface area contributed by atoms with E-state index in [4.69, 9.17) is 4.42 Å². The Labute approximate surface area is 115 Å². The first-order valence-electron chi connectivity index (χ1n) is 6.67. The molecular formula is C16H13FN2O. The third-order valence-corrected chi connectivity index (χ3v) is 3.68. The van der Waals surface area contributed by atoms with E-state index < -0.39 is 0 Å². The van der Waals surface area contributed by atoms with Gasteiger partial charge in [-0.25, -0.2) is 4.39 Å². The minimum absolute atomic E-state index is 0.300. The zero-order chi connectivity index (χ0) is 13.5. The summed E-state index contributed by atoms with van der Waals surface area (Å²) in [5.74, 6) is 0.203. The van der Waals surface area contributed by atoms with Crippen LogP contribution in [0.15, 0.2) is 52.9 Å². The summed E-state index contributed by atoms with van der Waals surface area (Å²) >= 11 is 0. The average molecular weight is 268 g/mol. The van der Waals surface area contributed by atoms with Gasteiger partial charge in [0.15, 0.2) is 5.58 Å². The Hall–Kier alpha value is -2.36. The van der Waals surface area contributed by atoms with Crippen molar-refractivity contribution < 1.29 is 8.81 Å². The summed E-state index contributed by atoms with van der Waals surface area (Å²) in [5, 5.41) is 3.27. The molecule has 1 N–H and O–H groups in total. The molecule has 2 unspecified atom stereocenters. The fourth-order valence-corrected chi connectivity index (χ4v) is 2.54. The number of benzene rings is 2.